The molecule has 2 rings (SSSR count). The highest BCUT2D eigenvalue weighted by Gasteiger charge is 2.20. The Hall–Kier alpha value is -1.17. The molecular weight excluding hydrogens is 306 g/mol. The molecule has 2 N–H and O–H groups in total. The van der Waals surface area contributed by atoms with Gasteiger partial charge in [0.2, 0.25) is 5.75 Å². The van der Waals surface area contributed by atoms with Gasteiger partial charge in [-0.2, -0.15) is 0 Å². The summed E-state index contributed by atoms with van der Waals surface area (Å²) in [5.41, 5.74) is 1.04. The minimum Gasteiger partial charge on any atom is -0.493 e. The highest BCUT2D eigenvalue weighted by molar-refractivity contribution is 5.85. The van der Waals surface area contributed by atoms with Crippen LogP contribution < -0.4 is 19.5 Å². The van der Waals surface area contributed by atoms with Gasteiger partial charge < -0.3 is 24.6 Å². The summed E-state index contributed by atoms with van der Waals surface area (Å²) in [6, 6.07) is 4.33. The molecule has 6 heteroatoms. The minimum atomic E-state index is -0.126. The lowest BCUT2D eigenvalue weighted by atomic mass is 9.93. The van der Waals surface area contributed by atoms with Crippen LogP contribution in [0.2, 0.25) is 0 Å². The van der Waals surface area contributed by atoms with E-state index in [1.54, 1.807) is 21.3 Å². The van der Waals surface area contributed by atoms with Gasteiger partial charge in [0.05, 0.1) is 27.4 Å². The van der Waals surface area contributed by atoms with Crippen LogP contribution in [0.25, 0.3) is 0 Å². The van der Waals surface area contributed by atoms with Crippen LogP contribution >= 0.6 is 12.4 Å². The van der Waals surface area contributed by atoms with E-state index in [1.165, 1.54) is 0 Å². The number of nitrogens with one attached hydrogen (secondary N) is 1. The van der Waals surface area contributed by atoms with Crippen LogP contribution in [0.4, 0.5) is 0 Å². The molecule has 0 saturated heterocycles. The van der Waals surface area contributed by atoms with E-state index in [1.807, 2.05) is 12.1 Å². The fourth-order valence-electron chi connectivity index (χ4n) is 2.84. The predicted octanol–water partition coefficient (Wildman–Crippen LogP) is 2.53. The van der Waals surface area contributed by atoms with Crippen LogP contribution in [0, 0.1) is 0 Å². The Balaban J connectivity index is 0.00000242. The number of rotatable bonds is 6. The zero-order chi connectivity index (χ0) is 15.2. The van der Waals surface area contributed by atoms with Crippen molar-refractivity contribution in [1.29, 1.82) is 0 Å². The van der Waals surface area contributed by atoms with Crippen molar-refractivity contribution in [3.63, 3.8) is 0 Å². The number of halogens is 1. The lowest BCUT2D eigenvalue weighted by Gasteiger charge is -2.26. The zero-order valence-electron chi connectivity index (χ0n) is 13.4. The molecule has 0 radical (unpaired) electrons. The third kappa shape index (κ3) is 4.41. The van der Waals surface area contributed by atoms with Crippen molar-refractivity contribution < 1.29 is 19.3 Å². The molecular formula is C16H26ClNO4. The Kier molecular flexibility index (Phi) is 7.79. The van der Waals surface area contributed by atoms with Gasteiger partial charge in [-0.25, -0.2) is 0 Å². The standard InChI is InChI=1S/C16H25NO4.ClH/c1-19-14-9-4-11(15(20-2)16(14)21-3)10-17-12-5-7-13(18)8-6-12;/h4,9,12-13,17-18H,5-8,10H2,1-3H3;1H. The van der Waals surface area contributed by atoms with E-state index < -0.39 is 0 Å². The summed E-state index contributed by atoms with van der Waals surface area (Å²) in [6.45, 7) is 0.713. The summed E-state index contributed by atoms with van der Waals surface area (Å²) in [5.74, 6) is 2.00. The van der Waals surface area contributed by atoms with E-state index in [-0.39, 0.29) is 18.5 Å². The maximum Gasteiger partial charge on any atom is 0.203 e. The average Bonchev–Trinajstić information content (AvgIpc) is 2.53. The SMILES string of the molecule is COc1ccc(CNC2CCC(O)CC2)c(OC)c1OC.Cl. The van der Waals surface area contributed by atoms with Crippen LogP contribution in [0.3, 0.4) is 0 Å². The molecule has 5 nitrogen and oxygen atoms in total. The quantitative estimate of drug-likeness (QED) is 0.839. The number of aliphatic hydroxyl groups excluding tert-OH is 1. The first-order valence-electron chi connectivity index (χ1n) is 7.38. The summed E-state index contributed by atoms with van der Waals surface area (Å²) in [7, 11) is 4.86. The largest absolute Gasteiger partial charge is 0.493 e. The zero-order valence-corrected chi connectivity index (χ0v) is 14.2. The van der Waals surface area contributed by atoms with Crippen molar-refractivity contribution in [2.24, 2.45) is 0 Å². The smallest absolute Gasteiger partial charge is 0.203 e. The highest BCUT2D eigenvalue weighted by atomic mass is 35.5. The first-order valence-corrected chi connectivity index (χ1v) is 7.38. The van der Waals surface area contributed by atoms with Crippen LogP contribution in [-0.2, 0) is 6.54 Å². The number of ether oxygens (including phenoxy) is 3. The molecule has 0 amide bonds. The first-order chi connectivity index (χ1) is 10.2. The van der Waals surface area contributed by atoms with Gasteiger partial charge in [-0.05, 0) is 31.7 Å². The molecule has 1 aromatic rings. The molecule has 1 aromatic carbocycles. The van der Waals surface area contributed by atoms with E-state index in [0.29, 0.717) is 29.8 Å². The number of methoxy groups -OCH3 is 3. The van der Waals surface area contributed by atoms with Gasteiger partial charge >= 0.3 is 0 Å². The Morgan fingerprint density at radius 1 is 1.00 bits per heavy atom. The molecule has 1 aliphatic rings. The van der Waals surface area contributed by atoms with Crippen LogP contribution in [0.5, 0.6) is 17.2 Å². The monoisotopic (exact) mass is 331 g/mol. The maximum absolute atomic E-state index is 9.54. The summed E-state index contributed by atoms with van der Waals surface area (Å²) >= 11 is 0. The Labute approximate surface area is 138 Å². The van der Waals surface area contributed by atoms with Gasteiger partial charge in [-0.1, -0.05) is 6.07 Å². The van der Waals surface area contributed by atoms with Crippen LogP contribution in [0.1, 0.15) is 31.2 Å². The number of benzene rings is 1. The second-order valence-electron chi connectivity index (χ2n) is 5.38. The Morgan fingerprint density at radius 2 is 1.64 bits per heavy atom. The van der Waals surface area contributed by atoms with Crippen molar-refractivity contribution in [1.82, 2.24) is 5.32 Å². The molecule has 1 aliphatic carbocycles. The Bertz CT molecular complexity index is 462. The Morgan fingerprint density at radius 3 is 2.18 bits per heavy atom. The number of hydrogen-bond donors (Lipinski definition) is 2. The van der Waals surface area contributed by atoms with E-state index >= 15 is 0 Å². The lowest BCUT2D eigenvalue weighted by molar-refractivity contribution is 0.116. The van der Waals surface area contributed by atoms with Crippen LogP contribution in [-0.4, -0.2) is 38.6 Å². The molecule has 0 aliphatic heterocycles. The first kappa shape index (κ1) is 18.9. The third-order valence-electron chi connectivity index (χ3n) is 4.06. The van der Waals surface area contributed by atoms with E-state index in [2.05, 4.69) is 5.32 Å². The molecule has 22 heavy (non-hydrogen) atoms. The van der Waals surface area contributed by atoms with Gasteiger partial charge in [0.25, 0.3) is 0 Å². The van der Waals surface area contributed by atoms with Crippen molar-refractivity contribution >= 4 is 12.4 Å². The summed E-state index contributed by atoms with van der Waals surface area (Å²) in [6.07, 6.45) is 3.65. The van der Waals surface area contributed by atoms with Gasteiger partial charge in [0, 0.05) is 18.2 Å². The van der Waals surface area contributed by atoms with Gasteiger partial charge in [0.1, 0.15) is 0 Å². The molecule has 0 unspecified atom stereocenters. The molecule has 0 atom stereocenters. The third-order valence-corrected chi connectivity index (χ3v) is 4.06. The summed E-state index contributed by atoms with van der Waals surface area (Å²) in [5, 5.41) is 13.1. The molecule has 0 spiro atoms. The minimum absolute atomic E-state index is 0. The number of hydrogen-bond acceptors (Lipinski definition) is 5. The van der Waals surface area contributed by atoms with Crippen molar-refractivity contribution in [2.45, 2.75) is 44.4 Å². The summed E-state index contributed by atoms with van der Waals surface area (Å²) in [4.78, 5) is 0. The van der Waals surface area contributed by atoms with Crippen molar-refractivity contribution in [3.05, 3.63) is 17.7 Å². The molecule has 0 aromatic heterocycles. The fourth-order valence-corrected chi connectivity index (χ4v) is 2.84. The van der Waals surface area contributed by atoms with E-state index in [0.717, 1.165) is 31.2 Å². The van der Waals surface area contributed by atoms with E-state index in [9.17, 15) is 5.11 Å². The van der Waals surface area contributed by atoms with Crippen molar-refractivity contribution in [3.8, 4) is 17.2 Å². The fraction of sp³-hybridized carbons (Fsp3) is 0.625. The second kappa shape index (κ2) is 9.08. The molecule has 126 valence electrons. The lowest BCUT2D eigenvalue weighted by Crippen LogP contribution is -2.34. The van der Waals surface area contributed by atoms with Crippen LogP contribution in [0.15, 0.2) is 12.1 Å². The number of aliphatic hydroxyl groups is 1. The van der Waals surface area contributed by atoms with Gasteiger partial charge in [-0.15, -0.1) is 12.4 Å². The second-order valence-corrected chi connectivity index (χ2v) is 5.38. The van der Waals surface area contributed by atoms with Gasteiger partial charge in [0.15, 0.2) is 11.5 Å². The molecule has 0 bridgehead atoms. The predicted molar refractivity (Wildman–Crippen MR) is 88.4 cm³/mol. The average molecular weight is 332 g/mol. The molecule has 0 heterocycles. The van der Waals surface area contributed by atoms with Crippen molar-refractivity contribution in [2.75, 3.05) is 21.3 Å². The van der Waals surface area contributed by atoms with E-state index in [4.69, 9.17) is 14.2 Å². The maximum atomic E-state index is 9.54. The van der Waals surface area contributed by atoms with Gasteiger partial charge in [-0.3, -0.25) is 0 Å². The highest BCUT2D eigenvalue weighted by Crippen LogP contribution is 2.39. The summed E-state index contributed by atoms with van der Waals surface area (Å²) < 4.78 is 16.2. The molecule has 1 fully saturated rings. The topological polar surface area (TPSA) is 60.0 Å². The molecule has 1 saturated carbocycles. The normalized spacial score (nSPS) is 20.9.